The Morgan fingerprint density at radius 1 is 1.29 bits per heavy atom. The van der Waals surface area contributed by atoms with E-state index >= 15 is 0 Å². The molecule has 0 bridgehead atoms. The molecule has 1 aromatic heterocycles. The molecule has 0 saturated heterocycles. The quantitative estimate of drug-likeness (QED) is 0.458. The molecule has 1 aromatic carbocycles. The van der Waals surface area contributed by atoms with Crippen molar-refractivity contribution in [1.82, 2.24) is 15.2 Å². The number of halogens is 1. The minimum absolute atomic E-state index is 0.0388. The van der Waals surface area contributed by atoms with Gasteiger partial charge in [0.2, 0.25) is 11.0 Å². The summed E-state index contributed by atoms with van der Waals surface area (Å²) in [5.41, 5.74) is 1.91. The number of alkyl halides is 1. The summed E-state index contributed by atoms with van der Waals surface area (Å²) in [5, 5.41) is 13.5. The van der Waals surface area contributed by atoms with Gasteiger partial charge in [0.15, 0.2) is 0 Å². The molecule has 0 aliphatic rings. The third kappa shape index (κ3) is 4.70. The molecule has 126 valence electrons. The number of para-hydroxylation sites is 1. The first-order chi connectivity index (χ1) is 11.7. The largest absolute Gasteiger partial charge is 0.348 e. The van der Waals surface area contributed by atoms with Gasteiger partial charge in [0, 0.05) is 11.6 Å². The lowest BCUT2D eigenvalue weighted by Crippen LogP contribution is -2.45. The molecule has 0 spiro atoms. The molecule has 0 saturated carbocycles. The van der Waals surface area contributed by atoms with Gasteiger partial charge in [-0.25, -0.2) is 4.79 Å². The SMILES string of the molecule is O=NN(CCCl)C(=O)N(CC(=O)Nc1nncs1)c1ccccc1. The van der Waals surface area contributed by atoms with Crippen molar-refractivity contribution in [3.8, 4) is 0 Å². The molecule has 0 aliphatic carbocycles. The number of benzene rings is 1. The van der Waals surface area contributed by atoms with Gasteiger partial charge in [0.05, 0.1) is 11.8 Å². The molecule has 1 heterocycles. The highest BCUT2D eigenvalue weighted by Gasteiger charge is 2.25. The van der Waals surface area contributed by atoms with Crippen molar-refractivity contribution in [3.63, 3.8) is 0 Å². The van der Waals surface area contributed by atoms with E-state index in [4.69, 9.17) is 11.6 Å². The van der Waals surface area contributed by atoms with Crippen LogP contribution in [0.1, 0.15) is 0 Å². The van der Waals surface area contributed by atoms with E-state index in [1.54, 1.807) is 30.3 Å². The molecule has 0 fully saturated rings. The molecular weight excluding hydrogens is 356 g/mol. The second-order valence-electron chi connectivity index (χ2n) is 4.39. The van der Waals surface area contributed by atoms with E-state index in [9.17, 15) is 14.5 Å². The van der Waals surface area contributed by atoms with Crippen molar-refractivity contribution < 1.29 is 9.59 Å². The molecular formula is C13H13ClN6O3S. The van der Waals surface area contributed by atoms with Crippen LogP contribution in [0, 0.1) is 4.91 Å². The minimum atomic E-state index is -0.746. The van der Waals surface area contributed by atoms with Crippen LogP contribution >= 0.6 is 22.9 Å². The molecule has 0 radical (unpaired) electrons. The van der Waals surface area contributed by atoms with E-state index in [0.717, 1.165) is 16.2 Å². The first kappa shape index (κ1) is 17.8. The van der Waals surface area contributed by atoms with Crippen LogP contribution in [-0.4, -0.2) is 46.1 Å². The summed E-state index contributed by atoms with van der Waals surface area (Å²) in [6.07, 6.45) is 0. The fourth-order valence-electron chi connectivity index (χ4n) is 1.80. The van der Waals surface area contributed by atoms with Crippen molar-refractivity contribution >= 4 is 45.7 Å². The first-order valence-corrected chi connectivity index (χ1v) is 8.16. The Bertz CT molecular complexity index is 684. The molecule has 3 amide bonds. The zero-order chi connectivity index (χ0) is 17.4. The second kappa shape index (κ2) is 8.89. The Morgan fingerprint density at radius 3 is 2.62 bits per heavy atom. The standard InChI is InChI=1S/C13H13ClN6O3S/c14-6-7-20(18-23)13(22)19(10-4-2-1-3-5-10)8-11(21)16-12-17-15-9-24-12/h1-5,9H,6-8H2,(H,16,17,21). The highest BCUT2D eigenvalue weighted by molar-refractivity contribution is 7.13. The molecule has 1 N–H and O–H groups in total. The topological polar surface area (TPSA) is 108 Å². The van der Waals surface area contributed by atoms with Crippen molar-refractivity contribution in [1.29, 1.82) is 0 Å². The number of nitroso groups, excluding NO2 is 1. The first-order valence-electron chi connectivity index (χ1n) is 6.75. The predicted octanol–water partition coefficient (Wildman–Crippen LogP) is 2.33. The summed E-state index contributed by atoms with van der Waals surface area (Å²) in [7, 11) is 0. The van der Waals surface area contributed by atoms with E-state index in [2.05, 4.69) is 20.8 Å². The van der Waals surface area contributed by atoms with Crippen molar-refractivity contribution in [2.75, 3.05) is 29.2 Å². The maximum Gasteiger partial charge on any atom is 0.348 e. The van der Waals surface area contributed by atoms with E-state index in [-0.39, 0.29) is 19.0 Å². The van der Waals surface area contributed by atoms with Gasteiger partial charge in [0.1, 0.15) is 12.1 Å². The summed E-state index contributed by atoms with van der Waals surface area (Å²) in [4.78, 5) is 36.6. The molecule has 2 rings (SSSR count). The Kier molecular flexibility index (Phi) is 6.58. The van der Waals surface area contributed by atoms with Gasteiger partial charge in [-0.2, -0.15) is 5.01 Å². The number of hydrogen-bond acceptors (Lipinski definition) is 7. The monoisotopic (exact) mass is 368 g/mol. The maximum absolute atomic E-state index is 12.5. The average Bonchev–Trinajstić information content (AvgIpc) is 3.10. The van der Waals surface area contributed by atoms with Crippen LogP contribution in [0.2, 0.25) is 0 Å². The van der Waals surface area contributed by atoms with Crippen LogP contribution < -0.4 is 10.2 Å². The number of nitrogens with one attached hydrogen (secondary N) is 1. The number of amides is 3. The molecule has 11 heteroatoms. The number of hydrogen-bond donors (Lipinski definition) is 1. The fourth-order valence-corrected chi connectivity index (χ4v) is 2.42. The van der Waals surface area contributed by atoms with Crippen molar-refractivity contribution in [2.45, 2.75) is 0 Å². The Hall–Kier alpha value is -2.59. The van der Waals surface area contributed by atoms with E-state index in [1.807, 2.05) is 0 Å². The highest BCUT2D eigenvalue weighted by Crippen LogP contribution is 2.16. The normalized spacial score (nSPS) is 10.0. The molecule has 0 aliphatic heterocycles. The number of rotatable bonds is 7. The molecule has 24 heavy (non-hydrogen) atoms. The predicted molar refractivity (Wildman–Crippen MR) is 90.9 cm³/mol. The summed E-state index contributed by atoms with van der Waals surface area (Å²) in [6.45, 7) is -0.387. The van der Waals surface area contributed by atoms with Gasteiger partial charge in [-0.1, -0.05) is 29.5 Å². The van der Waals surface area contributed by atoms with Crippen molar-refractivity contribution in [2.24, 2.45) is 5.29 Å². The van der Waals surface area contributed by atoms with E-state index < -0.39 is 11.9 Å². The smallest absolute Gasteiger partial charge is 0.299 e. The van der Waals surface area contributed by atoms with Crippen LogP contribution in [0.25, 0.3) is 0 Å². The Morgan fingerprint density at radius 2 is 2.04 bits per heavy atom. The van der Waals surface area contributed by atoms with Gasteiger partial charge in [-0.05, 0) is 12.1 Å². The summed E-state index contributed by atoms with van der Waals surface area (Å²) < 4.78 is 0. The van der Waals surface area contributed by atoms with Crippen LogP contribution in [0.4, 0.5) is 15.6 Å². The highest BCUT2D eigenvalue weighted by atomic mass is 35.5. The lowest BCUT2D eigenvalue weighted by molar-refractivity contribution is -0.114. The number of carbonyl (C=O) groups excluding carboxylic acids is 2. The third-order valence-corrected chi connectivity index (χ3v) is 3.60. The average molecular weight is 369 g/mol. The zero-order valence-electron chi connectivity index (χ0n) is 12.3. The summed E-state index contributed by atoms with van der Waals surface area (Å²) in [6, 6.07) is 7.71. The number of carbonyl (C=O) groups is 2. The minimum Gasteiger partial charge on any atom is -0.299 e. The van der Waals surface area contributed by atoms with Crippen LogP contribution in [-0.2, 0) is 4.79 Å². The van der Waals surface area contributed by atoms with Gasteiger partial charge >= 0.3 is 6.03 Å². The number of urea groups is 1. The molecule has 0 unspecified atom stereocenters. The lowest BCUT2D eigenvalue weighted by atomic mass is 10.3. The van der Waals surface area contributed by atoms with Gasteiger partial charge in [-0.3, -0.25) is 15.0 Å². The lowest BCUT2D eigenvalue weighted by Gasteiger charge is -2.25. The van der Waals surface area contributed by atoms with E-state index in [0.29, 0.717) is 15.8 Å². The number of aromatic nitrogens is 2. The van der Waals surface area contributed by atoms with Crippen LogP contribution in [0.15, 0.2) is 41.1 Å². The fraction of sp³-hybridized carbons (Fsp3) is 0.231. The number of anilines is 2. The second-order valence-corrected chi connectivity index (χ2v) is 5.60. The van der Waals surface area contributed by atoms with Crippen LogP contribution in [0.5, 0.6) is 0 Å². The Labute approximate surface area is 146 Å². The molecule has 0 atom stereocenters. The van der Waals surface area contributed by atoms with Crippen molar-refractivity contribution in [3.05, 3.63) is 40.7 Å². The van der Waals surface area contributed by atoms with Crippen LogP contribution in [0.3, 0.4) is 0 Å². The van der Waals surface area contributed by atoms with Gasteiger partial charge in [-0.15, -0.1) is 26.7 Å². The third-order valence-electron chi connectivity index (χ3n) is 2.82. The molecule has 9 nitrogen and oxygen atoms in total. The van der Waals surface area contributed by atoms with Gasteiger partial charge in [0.25, 0.3) is 0 Å². The van der Waals surface area contributed by atoms with Gasteiger partial charge < -0.3 is 0 Å². The maximum atomic E-state index is 12.5. The number of nitrogens with zero attached hydrogens (tertiary/aromatic N) is 5. The Balaban J connectivity index is 2.18. The summed E-state index contributed by atoms with van der Waals surface area (Å²) in [5.74, 6) is -0.447. The van der Waals surface area contributed by atoms with E-state index in [1.165, 1.54) is 5.51 Å². The zero-order valence-corrected chi connectivity index (χ0v) is 13.9. The summed E-state index contributed by atoms with van der Waals surface area (Å²) >= 11 is 6.71. The molecule has 2 aromatic rings.